The van der Waals surface area contributed by atoms with E-state index in [1.165, 1.54) is 4.90 Å². The molecule has 2 aromatic rings. The summed E-state index contributed by atoms with van der Waals surface area (Å²) in [6, 6.07) is 15.8. The summed E-state index contributed by atoms with van der Waals surface area (Å²) in [6.07, 6.45) is 0.193. The summed E-state index contributed by atoms with van der Waals surface area (Å²) in [7, 11) is 0. The van der Waals surface area contributed by atoms with Gasteiger partial charge >= 0.3 is 0 Å². The minimum Gasteiger partial charge on any atom is -0.372 e. The van der Waals surface area contributed by atoms with E-state index in [1.807, 2.05) is 12.1 Å². The van der Waals surface area contributed by atoms with Gasteiger partial charge in [0.25, 0.3) is 5.91 Å². The summed E-state index contributed by atoms with van der Waals surface area (Å²) < 4.78 is 0. The topological polar surface area (TPSA) is 64.3 Å². The number of anilines is 1. The van der Waals surface area contributed by atoms with Crippen molar-refractivity contribution in [1.29, 1.82) is 5.26 Å². The molecule has 3 rings (SSSR count). The lowest BCUT2D eigenvalue weighted by atomic mass is 9.87. The van der Waals surface area contributed by atoms with Crippen LogP contribution in [0.5, 0.6) is 0 Å². The normalized spacial score (nSPS) is 19.9. The van der Waals surface area contributed by atoms with E-state index in [0.29, 0.717) is 21.8 Å². The molecule has 0 saturated carbocycles. The van der Waals surface area contributed by atoms with Crippen LogP contribution in [0.2, 0.25) is 5.02 Å². The van der Waals surface area contributed by atoms with Gasteiger partial charge < -0.3 is 10.0 Å². The number of amides is 1. The number of benzene rings is 2. The summed E-state index contributed by atoms with van der Waals surface area (Å²) in [5.41, 5.74) is -0.232. The van der Waals surface area contributed by atoms with Crippen LogP contribution in [0.1, 0.15) is 17.5 Å². The lowest BCUT2D eigenvalue weighted by molar-refractivity contribution is -0.132. The van der Waals surface area contributed by atoms with Crippen LogP contribution in [0.25, 0.3) is 0 Å². The van der Waals surface area contributed by atoms with E-state index in [0.717, 1.165) is 0 Å². The maximum Gasteiger partial charge on any atom is 0.268 e. The standard InChI is InChI=1S/C17H13ClN2O2/c18-13-7-8-15-14(11-13)17(22,12-5-2-1-3-6-12)16(21)20(15)10-4-9-19/h1-3,5-8,11,22H,4,10H2. The van der Waals surface area contributed by atoms with Crippen molar-refractivity contribution in [1.82, 2.24) is 0 Å². The Morgan fingerprint density at radius 1 is 1.23 bits per heavy atom. The summed E-state index contributed by atoms with van der Waals surface area (Å²) >= 11 is 6.04. The molecule has 5 heteroatoms. The number of fused-ring (bicyclic) bond motifs is 1. The molecule has 0 saturated heterocycles. The van der Waals surface area contributed by atoms with Crippen LogP contribution < -0.4 is 4.90 Å². The fourth-order valence-corrected chi connectivity index (χ4v) is 2.97. The van der Waals surface area contributed by atoms with Crippen molar-refractivity contribution in [2.75, 3.05) is 11.4 Å². The number of hydrogen-bond acceptors (Lipinski definition) is 3. The average molecular weight is 313 g/mol. The van der Waals surface area contributed by atoms with Gasteiger partial charge in [-0.25, -0.2) is 0 Å². The monoisotopic (exact) mass is 312 g/mol. The molecule has 4 nitrogen and oxygen atoms in total. The van der Waals surface area contributed by atoms with Crippen molar-refractivity contribution >= 4 is 23.2 Å². The predicted octanol–water partition coefficient (Wildman–Crippen LogP) is 2.84. The average Bonchev–Trinajstić information content (AvgIpc) is 2.75. The van der Waals surface area contributed by atoms with Crippen LogP contribution in [-0.4, -0.2) is 17.6 Å². The molecular weight excluding hydrogens is 300 g/mol. The number of rotatable bonds is 3. The highest BCUT2D eigenvalue weighted by molar-refractivity contribution is 6.31. The van der Waals surface area contributed by atoms with Gasteiger partial charge in [-0.3, -0.25) is 4.79 Å². The first-order valence-corrected chi connectivity index (χ1v) is 7.23. The molecule has 1 atom stereocenters. The zero-order valence-corrected chi connectivity index (χ0v) is 12.4. The third-order valence-electron chi connectivity index (χ3n) is 3.83. The Labute approximate surface area is 133 Å². The van der Waals surface area contributed by atoms with Crippen molar-refractivity contribution in [3.63, 3.8) is 0 Å². The second-order valence-corrected chi connectivity index (χ2v) is 5.54. The zero-order valence-electron chi connectivity index (χ0n) is 11.7. The number of aliphatic hydroxyl groups is 1. The molecule has 0 fully saturated rings. The molecule has 0 aliphatic carbocycles. The predicted molar refractivity (Wildman–Crippen MR) is 83.5 cm³/mol. The first-order valence-electron chi connectivity index (χ1n) is 6.86. The minimum absolute atomic E-state index is 0.193. The molecule has 1 aliphatic heterocycles. The Kier molecular flexibility index (Phi) is 3.61. The molecule has 0 radical (unpaired) electrons. The molecule has 110 valence electrons. The van der Waals surface area contributed by atoms with Crippen molar-refractivity contribution in [3.8, 4) is 6.07 Å². The van der Waals surface area contributed by atoms with Gasteiger partial charge in [-0.05, 0) is 23.8 Å². The smallest absolute Gasteiger partial charge is 0.268 e. The van der Waals surface area contributed by atoms with Crippen molar-refractivity contribution < 1.29 is 9.90 Å². The third kappa shape index (κ3) is 2.07. The number of carbonyl (C=O) groups is 1. The first kappa shape index (κ1) is 14.6. The molecule has 1 heterocycles. The van der Waals surface area contributed by atoms with E-state index in [4.69, 9.17) is 16.9 Å². The molecule has 0 aromatic heterocycles. The molecule has 1 unspecified atom stereocenters. The Balaban J connectivity index is 2.19. The Morgan fingerprint density at radius 3 is 2.64 bits per heavy atom. The number of hydrogen-bond donors (Lipinski definition) is 1. The van der Waals surface area contributed by atoms with E-state index >= 15 is 0 Å². The molecule has 0 bridgehead atoms. The zero-order chi connectivity index (χ0) is 15.7. The maximum atomic E-state index is 12.8. The number of nitrogens with zero attached hydrogens (tertiary/aromatic N) is 2. The summed E-state index contributed by atoms with van der Waals surface area (Å²) in [4.78, 5) is 14.3. The summed E-state index contributed by atoms with van der Waals surface area (Å²) in [5, 5.41) is 20.4. The molecule has 2 aromatic carbocycles. The minimum atomic E-state index is -1.77. The molecule has 1 aliphatic rings. The largest absolute Gasteiger partial charge is 0.372 e. The molecular formula is C17H13ClN2O2. The van der Waals surface area contributed by atoms with Crippen molar-refractivity contribution in [2.45, 2.75) is 12.0 Å². The lowest BCUT2D eigenvalue weighted by Crippen LogP contribution is -2.41. The number of halogens is 1. The Morgan fingerprint density at radius 2 is 1.95 bits per heavy atom. The maximum absolute atomic E-state index is 12.8. The molecule has 22 heavy (non-hydrogen) atoms. The fraction of sp³-hybridized carbons (Fsp3) is 0.176. The first-order chi connectivity index (χ1) is 10.6. The van der Waals surface area contributed by atoms with E-state index < -0.39 is 11.5 Å². The number of nitriles is 1. The van der Waals surface area contributed by atoms with Crippen LogP contribution in [0.3, 0.4) is 0 Å². The second kappa shape index (κ2) is 5.45. The van der Waals surface area contributed by atoms with Gasteiger partial charge in [-0.1, -0.05) is 41.9 Å². The molecule has 1 N–H and O–H groups in total. The van der Waals surface area contributed by atoms with E-state index in [1.54, 1.807) is 42.5 Å². The quantitative estimate of drug-likeness (QED) is 0.948. The van der Waals surface area contributed by atoms with Crippen molar-refractivity contribution in [2.24, 2.45) is 0 Å². The SMILES string of the molecule is N#CCCN1C(=O)C(O)(c2ccccc2)c2cc(Cl)ccc21. The van der Waals surface area contributed by atoms with Gasteiger partial charge in [-0.15, -0.1) is 0 Å². The summed E-state index contributed by atoms with van der Waals surface area (Å²) in [6.45, 7) is 0.235. The highest BCUT2D eigenvalue weighted by Crippen LogP contribution is 2.45. The van der Waals surface area contributed by atoms with Crippen LogP contribution in [0.4, 0.5) is 5.69 Å². The summed E-state index contributed by atoms with van der Waals surface area (Å²) in [5.74, 6) is -0.453. The third-order valence-corrected chi connectivity index (χ3v) is 4.07. The second-order valence-electron chi connectivity index (χ2n) is 5.10. The molecule has 0 spiro atoms. The van der Waals surface area contributed by atoms with Crippen LogP contribution >= 0.6 is 11.6 Å². The Bertz CT molecular complexity index is 770. The van der Waals surface area contributed by atoms with E-state index in [-0.39, 0.29) is 13.0 Å². The lowest BCUT2D eigenvalue weighted by Gasteiger charge is -2.23. The van der Waals surface area contributed by atoms with Gasteiger partial charge in [0.15, 0.2) is 5.60 Å². The Hall–Kier alpha value is -2.35. The van der Waals surface area contributed by atoms with Crippen LogP contribution in [0.15, 0.2) is 48.5 Å². The fourth-order valence-electron chi connectivity index (χ4n) is 2.80. The van der Waals surface area contributed by atoms with Gasteiger partial charge in [-0.2, -0.15) is 5.26 Å². The van der Waals surface area contributed by atoms with Gasteiger partial charge in [0.2, 0.25) is 0 Å². The molecule has 1 amide bonds. The van der Waals surface area contributed by atoms with Gasteiger partial charge in [0.1, 0.15) is 0 Å². The van der Waals surface area contributed by atoms with Crippen LogP contribution in [-0.2, 0) is 10.4 Å². The van der Waals surface area contributed by atoms with E-state index in [9.17, 15) is 9.90 Å². The van der Waals surface area contributed by atoms with Gasteiger partial charge in [0.05, 0.1) is 18.2 Å². The highest BCUT2D eigenvalue weighted by Gasteiger charge is 2.50. The number of carbonyl (C=O) groups excluding carboxylic acids is 1. The van der Waals surface area contributed by atoms with Crippen molar-refractivity contribution in [3.05, 3.63) is 64.7 Å². The highest BCUT2D eigenvalue weighted by atomic mass is 35.5. The van der Waals surface area contributed by atoms with E-state index in [2.05, 4.69) is 0 Å². The van der Waals surface area contributed by atoms with Gasteiger partial charge in [0, 0.05) is 17.1 Å². The van der Waals surface area contributed by atoms with Crippen LogP contribution in [0, 0.1) is 11.3 Å².